The Morgan fingerprint density at radius 3 is 1.92 bits per heavy atom. The fraction of sp³-hybridized carbons (Fsp3) is 0.900. The van der Waals surface area contributed by atoms with Crippen LogP contribution in [0.15, 0.2) is 0 Å². The monoisotopic (exact) mass is 172 g/mol. The Balaban J connectivity index is 0.000000561. The van der Waals surface area contributed by atoms with Gasteiger partial charge in [-0.15, -0.1) is 0 Å². The Hall–Kier alpha value is -0.370. The molecule has 1 saturated heterocycles. The second kappa shape index (κ2) is 5.31. The molecule has 1 fully saturated rings. The van der Waals surface area contributed by atoms with Crippen LogP contribution in [-0.4, -0.2) is 19.0 Å². The van der Waals surface area contributed by atoms with Crippen LogP contribution >= 0.6 is 0 Å². The summed E-state index contributed by atoms with van der Waals surface area (Å²) < 4.78 is 5.16. The Bertz CT molecular complexity index is 135. The SMILES string of the molecule is CC.CC(=O)C1(C)CCOCC1. The van der Waals surface area contributed by atoms with Crippen molar-refractivity contribution in [3.63, 3.8) is 0 Å². The standard InChI is InChI=1S/C8H14O2.C2H6/c1-7(9)8(2)3-5-10-6-4-8;1-2/h3-6H2,1-2H3;1-2H3. The molecule has 1 aliphatic heterocycles. The number of Topliss-reactive ketones (excluding diaryl/α,β-unsaturated/α-hetero) is 1. The lowest BCUT2D eigenvalue weighted by molar-refractivity contribution is -0.130. The highest BCUT2D eigenvalue weighted by atomic mass is 16.5. The first-order valence-corrected chi connectivity index (χ1v) is 4.74. The van der Waals surface area contributed by atoms with E-state index in [0.717, 1.165) is 26.1 Å². The highest BCUT2D eigenvalue weighted by molar-refractivity contribution is 5.81. The topological polar surface area (TPSA) is 26.3 Å². The van der Waals surface area contributed by atoms with Gasteiger partial charge in [0.25, 0.3) is 0 Å². The first-order valence-electron chi connectivity index (χ1n) is 4.74. The summed E-state index contributed by atoms with van der Waals surface area (Å²) in [5, 5.41) is 0. The molecular formula is C10H20O2. The molecule has 1 heterocycles. The van der Waals surface area contributed by atoms with Crippen LogP contribution in [0.5, 0.6) is 0 Å². The molecule has 0 aromatic heterocycles. The van der Waals surface area contributed by atoms with Crippen LogP contribution in [-0.2, 0) is 9.53 Å². The summed E-state index contributed by atoms with van der Waals surface area (Å²) in [4.78, 5) is 11.1. The summed E-state index contributed by atoms with van der Waals surface area (Å²) in [7, 11) is 0. The molecule has 0 atom stereocenters. The van der Waals surface area contributed by atoms with E-state index < -0.39 is 0 Å². The van der Waals surface area contributed by atoms with E-state index in [-0.39, 0.29) is 5.41 Å². The Morgan fingerprint density at radius 1 is 1.25 bits per heavy atom. The van der Waals surface area contributed by atoms with Crippen LogP contribution < -0.4 is 0 Å². The molecule has 12 heavy (non-hydrogen) atoms. The molecule has 2 nitrogen and oxygen atoms in total. The average molecular weight is 172 g/mol. The van der Waals surface area contributed by atoms with Crippen molar-refractivity contribution in [3.05, 3.63) is 0 Å². The molecule has 1 rings (SSSR count). The Morgan fingerprint density at radius 2 is 1.67 bits per heavy atom. The number of ether oxygens (including phenoxy) is 1. The zero-order valence-electron chi connectivity index (χ0n) is 8.64. The molecule has 0 spiro atoms. The smallest absolute Gasteiger partial charge is 0.135 e. The van der Waals surface area contributed by atoms with E-state index in [1.807, 2.05) is 20.8 Å². The van der Waals surface area contributed by atoms with Gasteiger partial charge in [-0.05, 0) is 19.8 Å². The van der Waals surface area contributed by atoms with E-state index in [1.165, 1.54) is 0 Å². The highest BCUT2D eigenvalue weighted by Gasteiger charge is 2.31. The number of ketones is 1. The van der Waals surface area contributed by atoms with Crippen molar-refractivity contribution < 1.29 is 9.53 Å². The van der Waals surface area contributed by atoms with E-state index >= 15 is 0 Å². The van der Waals surface area contributed by atoms with Gasteiger partial charge in [-0.1, -0.05) is 20.8 Å². The van der Waals surface area contributed by atoms with Gasteiger partial charge in [-0.2, -0.15) is 0 Å². The van der Waals surface area contributed by atoms with Crippen LogP contribution in [0.25, 0.3) is 0 Å². The van der Waals surface area contributed by atoms with Gasteiger partial charge in [0.1, 0.15) is 5.78 Å². The maximum atomic E-state index is 11.1. The van der Waals surface area contributed by atoms with Crippen molar-refractivity contribution in [2.45, 2.75) is 40.5 Å². The van der Waals surface area contributed by atoms with E-state index in [2.05, 4.69) is 0 Å². The van der Waals surface area contributed by atoms with Gasteiger partial charge in [0.05, 0.1) is 0 Å². The molecule has 0 aromatic carbocycles. The molecule has 1 aliphatic rings. The van der Waals surface area contributed by atoms with Crippen molar-refractivity contribution in [2.24, 2.45) is 5.41 Å². The average Bonchev–Trinajstić information content (AvgIpc) is 2.09. The lowest BCUT2D eigenvalue weighted by Crippen LogP contribution is -2.32. The molecule has 2 heteroatoms. The third-order valence-corrected chi connectivity index (χ3v) is 2.45. The molecule has 0 unspecified atom stereocenters. The molecule has 0 bridgehead atoms. The minimum atomic E-state index is -0.0851. The van der Waals surface area contributed by atoms with Gasteiger partial charge in [0.15, 0.2) is 0 Å². The predicted molar refractivity (Wildman–Crippen MR) is 50.2 cm³/mol. The maximum absolute atomic E-state index is 11.1. The van der Waals surface area contributed by atoms with Crippen LogP contribution in [0, 0.1) is 5.41 Å². The van der Waals surface area contributed by atoms with Crippen molar-refractivity contribution in [2.75, 3.05) is 13.2 Å². The van der Waals surface area contributed by atoms with E-state index in [1.54, 1.807) is 6.92 Å². The third-order valence-electron chi connectivity index (χ3n) is 2.45. The first kappa shape index (κ1) is 11.6. The normalized spacial score (nSPS) is 20.7. The molecule has 0 radical (unpaired) electrons. The third kappa shape index (κ3) is 2.94. The summed E-state index contributed by atoms with van der Waals surface area (Å²) in [5.74, 6) is 0.302. The summed E-state index contributed by atoms with van der Waals surface area (Å²) in [5.41, 5.74) is -0.0851. The van der Waals surface area contributed by atoms with Crippen molar-refractivity contribution in [3.8, 4) is 0 Å². The Labute approximate surface area is 75.3 Å². The van der Waals surface area contributed by atoms with Gasteiger partial charge >= 0.3 is 0 Å². The van der Waals surface area contributed by atoms with Crippen LogP contribution in [0.2, 0.25) is 0 Å². The van der Waals surface area contributed by atoms with Crippen LogP contribution in [0.1, 0.15) is 40.5 Å². The fourth-order valence-electron chi connectivity index (χ4n) is 1.17. The summed E-state index contributed by atoms with van der Waals surface area (Å²) in [6, 6.07) is 0. The molecule has 0 saturated carbocycles. The first-order chi connectivity index (χ1) is 5.65. The zero-order chi connectivity index (χ0) is 9.61. The van der Waals surface area contributed by atoms with Gasteiger partial charge in [0.2, 0.25) is 0 Å². The number of hydrogen-bond donors (Lipinski definition) is 0. The lowest BCUT2D eigenvalue weighted by Gasteiger charge is -2.30. The molecule has 0 aliphatic carbocycles. The number of rotatable bonds is 1. The molecule has 0 amide bonds. The summed E-state index contributed by atoms with van der Waals surface area (Å²) >= 11 is 0. The van der Waals surface area contributed by atoms with Crippen LogP contribution in [0.4, 0.5) is 0 Å². The number of carbonyl (C=O) groups is 1. The van der Waals surface area contributed by atoms with Gasteiger partial charge < -0.3 is 4.74 Å². The second-order valence-electron chi connectivity index (χ2n) is 3.23. The van der Waals surface area contributed by atoms with Gasteiger partial charge in [-0.3, -0.25) is 4.79 Å². The van der Waals surface area contributed by atoms with Gasteiger partial charge in [-0.25, -0.2) is 0 Å². The minimum absolute atomic E-state index is 0.0851. The largest absolute Gasteiger partial charge is 0.381 e. The molecule has 0 aromatic rings. The van der Waals surface area contributed by atoms with Crippen molar-refractivity contribution in [1.82, 2.24) is 0 Å². The molecule has 0 N–H and O–H groups in total. The molecular weight excluding hydrogens is 152 g/mol. The summed E-state index contributed by atoms with van der Waals surface area (Å²) in [6.07, 6.45) is 1.78. The van der Waals surface area contributed by atoms with Crippen molar-refractivity contribution in [1.29, 1.82) is 0 Å². The Kier molecular flexibility index (Phi) is 5.14. The second-order valence-corrected chi connectivity index (χ2v) is 3.23. The highest BCUT2D eigenvalue weighted by Crippen LogP contribution is 2.30. The fourth-order valence-corrected chi connectivity index (χ4v) is 1.17. The van der Waals surface area contributed by atoms with E-state index in [4.69, 9.17) is 4.74 Å². The minimum Gasteiger partial charge on any atom is -0.381 e. The number of carbonyl (C=O) groups excluding carboxylic acids is 1. The zero-order valence-corrected chi connectivity index (χ0v) is 8.64. The van der Waals surface area contributed by atoms with Crippen molar-refractivity contribution >= 4 is 5.78 Å². The van der Waals surface area contributed by atoms with E-state index in [0.29, 0.717) is 5.78 Å². The van der Waals surface area contributed by atoms with Crippen LogP contribution in [0.3, 0.4) is 0 Å². The van der Waals surface area contributed by atoms with Gasteiger partial charge in [0, 0.05) is 18.6 Å². The summed E-state index contributed by atoms with van der Waals surface area (Å²) in [6.45, 7) is 9.19. The quantitative estimate of drug-likeness (QED) is 0.607. The van der Waals surface area contributed by atoms with E-state index in [9.17, 15) is 4.79 Å². The number of hydrogen-bond acceptors (Lipinski definition) is 2. The molecule has 72 valence electrons. The maximum Gasteiger partial charge on any atom is 0.135 e. The lowest BCUT2D eigenvalue weighted by atomic mass is 9.79. The predicted octanol–water partition coefficient (Wildman–Crippen LogP) is 2.42.